The largest absolute Gasteiger partial charge is 0.468 e. The van der Waals surface area contributed by atoms with Crippen molar-refractivity contribution in [3.8, 4) is 0 Å². The second-order valence-electron chi connectivity index (χ2n) is 4.02. The normalized spacial score (nSPS) is 13.0. The zero-order valence-corrected chi connectivity index (χ0v) is 12.4. The number of ether oxygens (including phenoxy) is 2. The average molecular weight is 323 g/mol. The van der Waals surface area contributed by atoms with E-state index in [0.29, 0.717) is 18.7 Å². The standard InChI is InChI=1S/C13H16F3NO3S/c1-19-8-7-17-11(12(18)20-2)9-3-5-10(6-4-9)21-13(14,15)16/h3-6,11,17H,7-8H2,1-2H3. The fourth-order valence-electron chi connectivity index (χ4n) is 1.62. The second-order valence-corrected chi connectivity index (χ2v) is 5.16. The van der Waals surface area contributed by atoms with E-state index in [2.05, 4.69) is 10.1 Å². The molecule has 0 aliphatic carbocycles. The minimum Gasteiger partial charge on any atom is -0.468 e. The van der Waals surface area contributed by atoms with Crippen molar-refractivity contribution in [3.63, 3.8) is 0 Å². The highest BCUT2D eigenvalue weighted by Gasteiger charge is 2.29. The van der Waals surface area contributed by atoms with Crippen LogP contribution < -0.4 is 5.32 Å². The zero-order chi connectivity index (χ0) is 15.9. The molecule has 0 saturated carbocycles. The molecule has 1 atom stereocenters. The van der Waals surface area contributed by atoms with E-state index in [0.717, 1.165) is 0 Å². The molecule has 0 aromatic heterocycles. The summed E-state index contributed by atoms with van der Waals surface area (Å²) in [5.41, 5.74) is -3.80. The summed E-state index contributed by atoms with van der Waals surface area (Å²) in [6.45, 7) is 0.810. The third kappa shape index (κ3) is 6.36. The van der Waals surface area contributed by atoms with Crippen molar-refractivity contribution >= 4 is 17.7 Å². The SMILES string of the molecule is COCCNC(C(=O)OC)c1ccc(SC(F)(F)F)cc1. The summed E-state index contributed by atoms with van der Waals surface area (Å²) in [7, 11) is 2.78. The van der Waals surface area contributed by atoms with Crippen LogP contribution in [0.5, 0.6) is 0 Å². The molecule has 0 aliphatic rings. The van der Waals surface area contributed by atoms with Gasteiger partial charge in [0.1, 0.15) is 6.04 Å². The number of hydrogen-bond donors (Lipinski definition) is 1. The minimum atomic E-state index is -4.33. The Bertz CT molecular complexity index is 451. The van der Waals surface area contributed by atoms with Gasteiger partial charge in [-0.25, -0.2) is 4.79 Å². The number of methoxy groups -OCH3 is 2. The van der Waals surface area contributed by atoms with E-state index in [9.17, 15) is 18.0 Å². The molecule has 0 bridgehead atoms. The predicted octanol–water partition coefficient (Wildman–Crippen LogP) is 2.75. The number of hydrogen-bond acceptors (Lipinski definition) is 5. The van der Waals surface area contributed by atoms with Gasteiger partial charge >= 0.3 is 11.5 Å². The van der Waals surface area contributed by atoms with Gasteiger partial charge < -0.3 is 9.47 Å². The molecule has 21 heavy (non-hydrogen) atoms. The molecule has 8 heteroatoms. The fraction of sp³-hybridized carbons (Fsp3) is 0.462. The number of thioether (sulfide) groups is 1. The van der Waals surface area contributed by atoms with E-state index in [4.69, 9.17) is 4.74 Å². The van der Waals surface area contributed by atoms with Gasteiger partial charge in [0.25, 0.3) is 0 Å². The highest BCUT2D eigenvalue weighted by atomic mass is 32.2. The molecule has 1 rings (SSSR count). The Morgan fingerprint density at radius 1 is 1.29 bits per heavy atom. The van der Waals surface area contributed by atoms with Gasteiger partial charge in [-0.15, -0.1) is 0 Å². The van der Waals surface area contributed by atoms with Gasteiger partial charge in [-0.2, -0.15) is 13.2 Å². The lowest BCUT2D eigenvalue weighted by Crippen LogP contribution is -2.31. The summed E-state index contributed by atoms with van der Waals surface area (Å²) in [6, 6.07) is 4.84. The topological polar surface area (TPSA) is 47.6 Å². The Morgan fingerprint density at radius 3 is 2.38 bits per heavy atom. The van der Waals surface area contributed by atoms with Gasteiger partial charge in [-0.05, 0) is 29.5 Å². The Hall–Kier alpha value is -1.25. The van der Waals surface area contributed by atoms with Crippen LogP contribution in [-0.2, 0) is 14.3 Å². The number of nitrogens with one attached hydrogen (secondary N) is 1. The first-order valence-corrected chi connectivity index (χ1v) is 6.85. The molecule has 0 aliphatic heterocycles. The van der Waals surface area contributed by atoms with Gasteiger partial charge in [-0.1, -0.05) is 12.1 Å². The van der Waals surface area contributed by atoms with Crippen molar-refractivity contribution in [2.75, 3.05) is 27.4 Å². The van der Waals surface area contributed by atoms with E-state index in [1.165, 1.54) is 38.5 Å². The van der Waals surface area contributed by atoms with E-state index in [1.54, 1.807) is 0 Å². The zero-order valence-electron chi connectivity index (χ0n) is 11.6. The number of rotatable bonds is 7. The van der Waals surface area contributed by atoms with Crippen LogP contribution in [0.1, 0.15) is 11.6 Å². The lowest BCUT2D eigenvalue weighted by molar-refractivity contribution is -0.143. The van der Waals surface area contributed by atoms with Crippen LogP contribution in [0.15, 0.2) is 29.2 Å². The van der Waals surface area contributed by atoms with Crippen LogP contribution in [0.3, 0.4) is 0 Å². The van der Waals surface area contributed by atoms with Crippen LogP contribution in [0, 0.1) is 0 Å². The summed E-state index contributed by atoms with van der Waals surface area (Å²) in [6.07, 6.45) is 0. The predicted molar refractivity (Wildman–Crippen MR) is 73.0 cm³/mol. The lowest BCUT2D eigenvalue weighted by Gasteiger charge is -2.17. The first kappa shape index (κ1) is 17.8. The maximum atomic E-state index is 12.3. The molecule has 4 nitrogen and oxygen atoms in total. The molecule has 118 valence electrons. The maximum Gasteiger partial charge on any atom is 0.446 e. The van der Waals surface area contributed by atoms with Crippen molar-refractivity contribution < 1.29 is 27.4 Å². The molecule has 0 radical (unpaired) electrons. The van der Waals surface area contributed by atoms with E-state index in [1.807, 2.05) is 0 Å². The molecule has 0 amide bonds. The van der Waals surface area contributed by atoms with Gasteiger partial charge in [0.2, 0.25) is 0 Å². The van der Waals surface area contributed by atoms with Crippen molar-refractivity contribution in [1.29, 1.82) is 0 Å². The highest BCUT2D eigenvalue weighted by molar-refractivity contribution is 8.00. The summed E-state index contributed by atoms with van der Waals surface area (Å²) >= 11 is -0.200. The van der Waals surface area contributed by atoms with Crippen LogP contribution in [0.4, 0.5) is 13.2 Å². The number of alkyl halides is 3. The molecule has 1 aromatic rings. The van der Waals surface area contributed by atoms with Gasteiger partial charge in [0.15, 0.2) is 0 Å². The van der Waals surface area contributed by atoms with Crippen LogP contribution in [0.2, 0.25) is 0 Å². The van der Waals surface area contributed by atoms with Crippen LogP contribution >= 0.6 is 11.8 Å². The Labute approximate surface area is 125 Å². The quantitative estimate of drug-likeness (QED) is 0.475. The first-order valence-electron chi connectivity index (χ1n) is 6.03. The third-order valence-corrected chi connectivity index (χ3v) is 3.28. The van der Waals surface area contributed by atoms with Crippen LogP contribution in [-0.4, -0.2) is 38.8 Å². The monoisotopic (exact) mass is 323 g/mol. The van der Waals surface area contributed by atoms with E-state index < -0.39 is 17.5 Å². The van der Waals surface area contributed by atoms with E-state index in [-0.39, 0.29) is 16.7 Å². The highest BCUT2D eigenvalue weighted by Crippen LogP contribution is 2.37. The molecule has 0 spiro atoms. The molecule has 1 aromatic carbocycles. The van der Waals surface area contributed by atoms with Gasteiger partial charge in [0, 0.05) is 18.6 Å². The molecule has 0 fully saturated rings. The fourth-order valence-corrected chi connectivity index (χ4v) is 2.16. The molecule has 1 unspecified atom stereocenters. The summed E-state index contributed by atoms with van der Waals surface area (Å²) < 4.78 is 46.3. The minimum absolute atomic E-state index is 0.0618. The summed E-state index contributed by atoms with van der Waals surface area (Å²) in [5, 5.41) is 2.93. The van der Waals surface area contributed by atoms with Gasteiger partial charge in [0.05, 0.1) is 13.7 Å². The van der Waals surface area contributed by atoms with Crippen molar-refractivity contribution in [2.24, 2.45) is 0 Å². The Balaban J connectivity index is 2.80. The smallest absolute Gasteiger partial charge is 0.446 e. The Morgan fingerprint density at radius 2 is 1.90 bits per heavy atom. The number of carbonyl (C=O) groups excluding carboxylic acids is 1. The third-order valence-electron chi connectivity index (χ3n) is 2.54. The maximum absolute atomic E-state index is 12.3. The van der Waals surface area contributed by atoms with Gasteiger partial charge in [-0.3, -0.25) is 5.32 Å². The average Bonchev–Trinajstić information content (AvgIpc) is 2.42. The lowest BCUT2D eigenvalue weighted by atomic mass is 10.1. The molecule has 0 heterocycles. The number of halogens is 3. The second kappa shape index (κ2) is 8.26. The molecular weight excluding hydrogens is 307 g/mol. The summed E-state index contributed by atoms with van der Waals surface area (Å²) in [5.74, 6) is -0.512. The van der Waals surface area contributed by atoms with Crippen molar-refractivity contribution in [1.82, 2.24) is 5.32 Å². The number of benzene rings is 1. The Kier molecular flexibility index (Phi) is 7.00. The number of carbonyl (C=O) groups is 1. The van der Waals surface area contributed by atoms with E-state index >= 15 is 0 Å². The van der Waals surface area contributed by atoms with Crippen molar-refractivity contribution in [2.45, 2.75) is 16.4 Å². The number of esters is 1. The first-order chi connectivity index (χ1) is 9.87. The van der Waals surface area contributed by atoms with Crippen molar-refractivity contribution in [3.05, 3.63) is 29.8 Å². The molecule has 0 saturated heterocycles. The molecule has 1 N–H and O–H groups in total. The summed E-state index contributed by atoms with van der Waals surface area (Å²) in [4.78, 5) is 11.8. The van der Waals surface area contributed by atoms with Crippen LogP contribution in [0.25, 0.3) is 0 Å². The molecular formula is C13H16F3NO3S.